The number of nitrogens with zero attached hydrogens (tertiary/aromatic N) is 1. The molecule has 0 saturated heterocycles. The van der Waals surface area contributed by atoms with Crippen molar-refractivity contribution in [1.29, 1.82) is 0 Å². The number of benzene rings is 1. The standard InChI is InChI=1S/C14H14BrN3O/c1-8-5-11(15)3-4-12(8)18-14(19)10-6-9(2)17-13(16)7-10/h3-7H,1-2H3,(H2,16,17)(H,18,19). The molecule has 0 aliphatic carbocycles. The summed E-state index contributed by atoms with van der Waals surface area (Å²) in [6.07, 6.45) is 0. The van der Waals surface area contributed by atoms with Crippen LogP contribution in [0.25, 0.3) is 0 Å². The predicted molar refractivity (Wildman–Crippen MR) is 80.2 cm³/mol. The summed E-state index contributed by atoms with van der Waals surface area (Å²) in [4.78, 5) is 16.2. The van der Waals surface area contributed by atoms with E-state index in [1.165, 1.54) is 0 Å². The van der Waals surface area contributed by atoms with Gasteiger partial charge in [0.15, 0.2) is 0 Å². The van der Waals surface area contributed by atoms with Crippen LogP contribution in [0.2, 0.25) is 0 Å². The van der Waals surface area contributed by atoms with Crippen molar-refractivity contribution >= 4 is 33.3 Å². The molecule has 1 aromatic heterocycles. The number of halogens is 1. The number of hydrogen-bond acceptors (Lipinski definition) is 3. The SMILES string of the molecule is Cc1cc(C(=O)Nc2ccc(Br)cc2C)cc(N)n1. The predicted octanol–water partition coefficient (Wildman–Crippen LogP) is 3.30. The zero-order chi connectivity index (χ0) is 14.0. The first-order chi connectivity index (χ1) is 8.95. The molecule has 3 N–H and O–H groups in total. The molecule has 0 unspecified atom stereocenters. The molecular weight excluding hydrogens is 306 g/mol. The van der Waals surface area contributed by atoms with E-state index in [2.05, 4.69) is 26.2 Å². The summed E-state index contributed by atoms with van der Waals surface area (Å²) in [6.45, 7) is 3.74. The number of aryl methyl sites for hydroxylation is 2. The van der Waals surface area contributed by atoms with Gasteiger partial charge < -0.3 is 11.1 Å². The van der Waals surface area contributed by atoms with Crippen molar-refractivity contribution in [2.75, 3.05) is 11.1 Å². The largest absolute Gasteiger partial charge is 0.384 e. The van der Waals surface area contributed by atoms with Gasteiger partial charge in [0.05, 0.1) is 0 Å². The Bertz CT molecular complexity index is 620. The van der Waals surface area contributed by atoms with Gasteiger partial charge in [-0.15, -0.1) is 0 Å². The van der Waals surface area contributed by atoms with E-state index in [1.807, 2.05) is 25.1 Å². The number of nitrogens with two attached hydrogens (primary N) is 1. The molecule has 1 heterocycles. The normalized spacial score (nSPS) is 10.3. The van der Waals surface area contributed by atoms with Gasteiger partial charge in [-0.3, -0.25) is 4.79 Å². The maximum absolute atomic E-state index is 12.1. The van der Waals surface area contributed by atoms with Gasteiger partial charge in [-0.25, -0.2) is 4.98 Å². The van der Waals surface area contributed by atoms with Gasteiger partial charge in [0.1, 0.15) is 5.82 Å². The molecule has 0 spiro atoms. The van der Waals surface area contributed by atoms with E-state index in [0.29, 0.717) is 11.4 Å². The fraction of sp³-hybridized carbons (Fsp3) is 0.143. The molecule has 2 aromatic rings. The summed E-state index contributed by atoms with van der Waals surface area (Å²) in [5.41, 5.74) is 8.64. The van der Waals surface area contributed by atoms with Gasteiger partial charge in [-0.1, -0.05) is 15.9 Å². The number of anilines is 2. The van der Waals surface area contributed by atoms with E-state index in [9.17, 15) is 4.79 Å². The van der Waals surface area contributed by atoms with Crippen LogP contribution in [0.3, 0.4) is 0 Å². The minimum absolute atomic E-state index is 0.192. The number of carbonyl (C=O) groups excluding carboxylic acids is 1. The molecule has 0 aliphatic heterocycles. The van der Waals surface area contributed by atoms with Crippen LogP contribution in [-0.2, 0) is 0 Å². The van der Waals surface area contributed by atoms with Gasteiger partial charge >= 0.3 is 0 Å². The van der Waals surface area contributed by atoms with Crippen LogP contribution in [0.1, 0.15) is 21.6 Å². The number of aromatic nitrogens is 1. The summed E-state index contributed by atoms with van der Waals surface area (Å²) >= 11 is 3.39. The molecule has 19 heavy (non-hydrogen) atoms. The highest BCUT2D eigenvalue weighted by Gasteiger charge is 2.09. The number of hydrogen-bond donors (Lipinski definition) is 2. The lowest BCUT2D eigenvalue weighted by molar-refractivity contribution is 0.102. The fourth-order valence-electron chi connectivity index (χ4n) is 1.79. The Labute approximate surface area is 120 Å². The molecule has 4 nitrogen and oxygen atoms in total. The minimum Gasteiger partial charge on any atom is -0.384 e. The number of rotatable bonds is 2. The zero-order valence-corrected chi connectivity index (χ0v) is 12.3. The molecule has 2 rings (SSSR count). The Hall–Kier alpha value is -1.88. The lowest BCUT2D eigenvalue weighted by Gasteiger charge is -2.09. The van der Waals surface area contributed by atoms with Crippen molar-refractivity contribution in [3.05, 3.63) is 51.6 Å². The van der Waals surface area contributed by atoms with E-state index in [-0.39, 0.29) is 5.91 Å². The molecule has 0 atom stereocenters. The topological polar surface area (TPSA) is 68.0 Å². The fourth-order valence-corrected chi connectivity index (χ4v) is 2.26. The third-order valence-electron chi connectivity index (χ3n) is 2.67. The quantitative estimate of drug-likeness (QED) is 0.892. The molecule has 0 fully saturated rings. The van der Waals surface area contributed by atoms with Crippen LogP contribution in [0.5, 0.6) is 0 Å². The number of nitrogens with one attached hydrogen (secondary N) is 1. The number of carbonyl (C=O) groups is 1. The average Bonchev–Trinajstić information content (AvgIpc) is 2.31. The molecule has 0 aliphatic rings. The van der Waals surface area contributed by atoms with Crippen LogP contribution >= 0.6 is 15.9 Å². The number of nitrogen functional groups attached to an aromatic ring is 1. The van der Waals surface area contributed by atoms with Crippen molar-refractivity contribution in [1.82, 2.24) is 4.98 Å². The van der Waals surface area contributed by atoms with Crippen molar-refractivity contribution in [3.8, 4) is 0 Å². The van der Waals surface area contributed by atoms with Crippen molar-refractivity contribution in [3.63, 3.8) is 0 Å². The Morgan fingerprint density at radius 1 is 1.26 bits per heavy atom. The average molecular weight is 320 g/mol. The molecule has 1 aromatic carbocycles. The molecule has 0 radical (unpaired) electrons. The lowest BCUT2D eigenvalue weighted by Crippen LogP contribution is -2.13. The molecule has 5 heteroatoms. The van der Waals surface area contributed by atoms with Gasteiger partial charge in [0.25, 0.3) is 5.91 Å². The van der Waals surface area contributed by atoms with Gasteiger partial charge in [-0.2, -0.15) is 0 Å². The van der Waals surface area contributed by atoms with Crippen LogP contribution in [0.15, 0.2) is 34.8 Å². The van der Waals surface area contributed by atoms with E-state index >= 15 is 0 Å². The van der Waals surface area contributed by atoms with Crippen LogP contribution in [-0.4, -0.2) is 10.9 Å². The second-order valence-electron chi connectivity index (χ2n) is 4.34. The first-order valence-corrected chi connectivity index (χ1v) is 6.56. The second kappa shape index (κ2) is 5.40. The highest BCUT2D eigenvalue weighted by Crippen LogP contribution is 2.21. The Morgan fingerprint density at radius 2 is 2.00 bits per heavy atom. The second-order valence-corrected chi connectivity index (χ2v) is 5.25. The van der Waals surface area contributed by atoms with Gasteiger partial charge in [-0.05, 0) is 49.7 Å². The van der Waals surface area contributed by atoms with Crippen LogP contribution < -0.4 is 11.1 Å². The summed E-state index contributed by atoms with van der Waals surface area (Å²) < 4.78 is 0.979. The maximum atomic E-state index is 12.1. The molecule has 0 bridgehead atoms. The van der Waals surface area contributed by atoms with Crippen molar-refractivity contribution in [2.24, 2.45) is 0 Å². The minimum atomic E-state index is -0.192. The van der Waals surface area contributed by atoms with Gasteiger partial charge in [0, 0.05) is 21.4 Å². The van der Waals surface area contributed by atoms with E-state index in [0.717, 1.165) is 21.4 Å². The highest BCUT2D eigenvalue weighted by atomic mass is 79.9. The van der Waals surface area contributed by atoms with Crippen LogP contribution in [0.4, 0.5) is 11.5 Å². The molecule has 0 saturated carbocycles. The van der Waals surface area contributed by atoms with Crippen molar-refractivity contribution in [2.45, 2.75) is 13.8 Å². The van der Waals surface area contributed by atoms with E-state index in [4.69, 9.17) is 5.73 Å². The monoisotopic (exact) mass is 319 g/mol. The number of amides is 1. The Kier molecular flexibility index (Phi) is 3.85. The third kappa shape index (κ3) is 3.32. The molecular formula is C14H14BrN3O. The summed E-state index contributed by atoms with van der Waals surface area (Å²) in [5, 5.41) is 2.87. The maximum Gasteiger partial charge on any atom is 0.255 e. The van der Waals surface area contributed by atoms with Crippen LogP contribution in [0, 0.1) is 13.8 Å². The zero-order valence-electron chi connectivity index (χ0n) is 10.7. The first kappa shape index (κ1) is 13.5. The Morgan fingerprint density at radius 3 is 2.63 bits per heavy atom. The smallest absolute Gasteiger partial charge is 0.255 e. The first-order valence-electron chi connectivity index (χ1n) is 5.77. The molecule has 1 amide bonds. The van der Waals surface area contributed by atoms with E-state index < -0.39 is 0 Å². The number of pyridine rings is 1. The molecule has 98 valence electrons. The Balaban J connectivity index is 2.25. The van der Waals surface area contributed by atoms with Crippen molar-refractivity contribution < 1.29 is 4.79 Å². The lowest BCUT2D eigenvalue weighted by atomic mass is 10.1. The third-order valence-corrected chi connectivity index (χ3v) is 3.17. The highest BCUT2D eigenvalue weighted by molar-refractivity contribution is 9.10. The van der Waals surface area contributed by atoms with E-state index in [1.54, 1.807) is 19.1 Å². The summed E-state index contributed by atoms with van der Waals surface area (Å²) in [5.74, 6) is 0.153. The summed E-state index contributed by atoms with van der Waals surface area (Å²) in [7, 11) is 0. The van der Waals surface area contributed by atoms with Gasteiger partial charge in [0.2, 0.25) is 0 Å². The summed E-state index contributed by atoms with van der Waals surface area (Å²) in [6, 6.07) is 8.96.